The van der Waals surface area contributed by atoms with Gasteiger partial charge in [-0.05, 0) is 24.1 Å². The number of halogens is 1. The molecule has 18 heavy (non-hydrogen) atoms. The van der Waals surface area contributed by atoms with Crippen LogP contribution in [0.3, 0.4) is 0 Å². The van der Waals surface area contributed by atoms with Gasteiger partial charge in [0.2, 0.25) is 5.91 Å². The Morgan fingerprint density at radius 1 is 1.50 bits per heavy atom. The van der Waals surface area contributed by atoms with Gasteiger partial charge in [-0.2, -0.15) is 0 Å². The number of hydrogen-bond donors (Lipinski definition) is 2. The molecule has 1 aliphatic rings. The quantitative estimate of drug-likeness (QED) is 0.855. The lowest BCUT2D eigenvalue weighted by Gasteiger charge is -2.21. The summed E-state index contributed by atoms with van der Waals surface area (Å²) in [5.74, 6) is -0.703. The lowest BCUT2D eigenvalue weighted by molar-refractivity contribution is -0.119. The molecule has 0 spiro atoms. The standard InChI is InChI=1S/C13H17ClN2O2/c14-10-3-1-9(2-4-10)12(13(15)18)8-16-6-5-11(17)7-16/h1-4,11-12,17H,5-8H2,(H2,15,18)/t11-,12+/m1/s1. The van der Waals surface area contributed by atoms with Gasteiger partial charge in [-0.25, -0.2) is 0 Å². The molecule has 0 aromatic heterocycles. The maximum atomic E-state index is 11.6. The van der Waals surface area contributed by atoms with E-state index in [9.17, 15) is 9.90 Å². The number of aliphatic hydroxyl groups excluding tert-OH is 1. The Labute approximate surface area is 111 Å². The van der Waals surface area contributed by atoms with E-state index in [0.717, 1.165) is 18.5 Å². The Kier molecular flexibility index (Phi) is 4.22. The number of hydrogen-bond acceptors (Lipinski definition) is 3. The summed E-state index contributed by atoms with van der Waals surface area (Å²) in [5.41, 5.74) is 6.33. The van der Waals surface area contributed by atoms with Crippen LogP contribution in [0.25, 0.3) is 0 Å². The van der Waals surface area contributed by atoms with Crippen molar-refractivity contribution in [2.75, 3.05) is 19.6 Å². The van der Waals surface area contributed by atoms with E-state index in [1.165, 1.54) is 0 Å². The molecule has 0 radical (unpaired) electrons. The smallest absolute Gasteiger partial charge is 0.226 e. The number of benzene rings is 1. The van der Waals surface area contributed by atoms with E-state index in [0.29, 0.717) is 18.1 Å². The van der Waals surface area contributed by atoms with Crippen LogP contribution in [0.15, 0.2) is 24.3 Å². The van der Waals surface area contributed by atoms with Crippen LogP contribution >= 0.6 is 11.6 Å². The fraction of sp³-hybridized carbons (Fsp3) is 0.462. The zero-order valence-corrected chi connectivity index (χ0v) is 10.8. The minimum Gasteiger partial charge on any atom is -0.392 e. The maximum Gasteiger partial charge on any atom is 0.226 e. The number of primary amides is 1. The highest BCUT2D eigenvalue weighted by Crippen LogP contribution is 2.21. The summed E-state index contributed by atoms with van der Waals surface area (Å²) in [6.07, 6.45) is 0.468. The molecule has 2 atom stereocenters. The molecule has 5 heteroatoms. The van der Waals surface area contributed by atoms with Crippen molar-refractivity contribution >= 4 is 17.5 Å². The lowest BCUT2D eigenvalue weighted by Crippen LogP contribution is -2.34. The fourth-order valence-electron chi connectivity index (χ4n) is 2.29. The van der Waals surface area contributed by atoms with Crippen molar-refractivity contribution < 1.29 is 9.90 Å². The first kappa shape index (κ1) is 13.3. The van der Waals surface area contributed by atoms with E-state index in [1.54, 1.807) is 12.1 Å². The number of carbonyl (C=O) groups is 1. The third-order valence-corrected chi connectivity index (χ3v) is 3.56. The van der Waals surface area contributed by atoms with Crippen molar-refractivity contribution in [2.45, 2.75) is 18.4 Å². The average Bonchev–Trinajstić information content (AvgIpc) is 2.73. The molecule has 3 N–H and O–H groups in total. The molecule has 1 saturated heterocycles. The summed E-state index contributed by atoms with van der Waals surface area (Å²) in [6, 6.07) is 7.16. The maximum absolute atomic E-state index is 11.6. The Balaban J connectivity index is 2.08. The van der Waals surface area contributed by atoms with Gasteiger partial charge >= 0.3 is 0 Å². The molecule has 1 aliphatic heterocycles. The molecule has 0 aliphatic carbocycles. The second-order valence-corrected chi connectivity index (χ2v) is 5.15. The van der Waals surface area contributed by atoms with Gasteiger partial charge in [0.25, 0.3) is 0 Å². The first-order chi connectivity index (χ1) is 8.56. The third-order valence-electron chi connectivity index (χ3n) is 3.30. The van der Waals surface area contributed by atoms with Crippen LogP contribution in [0.5, 0.6) is 0 Å². The van der Waals surface area contributed by atoms with E-state index < -0.39 is 0 Å². The summed E-state index contributed by atoms with van der Waals surface area (Å²) < 4.78 is 0. The highest BCUT2D eigenvalue weighted by Gasteiger charge is 2.26. The second kappa shape index (κ2) is 5.69. The predicted molar refractivity (Wildman–Crippen MR) is 70.5 cm³/mol. The summed E-state index contributed by atoms with van der Waals surface area (Å²) in [4.78, 5) is 13.6. The summed E-state index contributed by atoms with van der Waals surface area (Å²) >= 11 is 5.83. The number of rotatable bonds is 4. The van der Waals surface area contributed by atoms with E-state index in [1.807, 2.05) is 12.1 Å². The molecule has 98 valence electrons. The van der Waals surface area contributed by atoms with Crippen LogP contribution in [-0.4, -0.2) is 41.7 Å². The van der Waals surface area contributed by atoms with Gasteiger partial charge in [0, 0.05) is 24.7 Å². The van der Waals surface area contributed by atoms with Crippen LogP contribution in [0, 0.1) is 0 Å². The zero-order chi connectivity index (χ0) is 13.1. The van der Waals surface area contributed by atoms with Gasteiger partial charge in [-0.3, -0.25) is 9.69 Å². The molecular formula is C13H17ClN2O2. The molecular weight excluding hydrogens is 252 g/mol. The lowest BCUT2D eigenvalue weighted by atomic mass is 9.98. The van der Waals surface area contributed by atoms with Crippen LogP contribution in [0.2, 0.25) is 5.02 Å². The van der Waals surface area contributed by atoms with Gasteiger partial charge in [0.15, 0.2) is 0 Å². The molecule has 0 unspecified atom stereocenters. The molecule has 1 fully saturated rings. The normalized spacial score (nSPS) is 22.0. The second-order valence-electron chi connectivity index (χ2n) is 4.71. The third kappa shape index (κ3) is 3.22. The SMILES string of the molecule is NC(=O)[C@@H](CN1CC[C@@H](O)C1)c1ccc(Cl)cc1. The Hall–Kier alpha value is -1.10. The Morgan fingerprint density at radius 3 is 2.67 bits per heavy atom. The largest absolute Gasteiger partial charge is 0.392 e. The first-order valence-electron chi connectivity index (χ1n) is 6.01. The first-order valence-corrected chi connectivity index (χ1v) is 6.39. The van der Waals surface area contributed by atoms with Gasteiger partial charge in [0.05, 0.1) is 12.0 Å². The number of carbonyl (C=O) groups excluding carboxylic acids is 1. The van der Waals surface area contributed by atoms with Gasteiger partial charge in [0.1, 0.15) is 0 Å². The van der Waals surface area contributed by atoms with E-state index in [4.69, 9.17) is 17.3 Å². The van der Waals surface area contributed by atoms with Gasteiger partial charge < -0.3 is 10.8 Å². The van der Waals surface area contributed by atoms with E-state index in [2.05, 4.69) is 4.90 Å². The molecule has 1 amide bonds. The molecule has 0 saturated carbocycles. The summed E-state index contributed by atoms with van der Waals surface area (Å²) in [6.45, 7) is 1.96. The van der Waals surface area contributed by atoms with E-state index >= 15 is 0 Å². The number of nitrogens with zero attached hydrogens (tertiary/aromatic N) is 1. The van der Waals surface area contributed by atoms with Crippen molar-refractivity contribution in [3.05, 3.63) is 34.9 Å². The molecule has 1 heterocycles. The molecule has 2 rings (SSSR count). The van der Waals surface area contributed by atoms with Crippen LogP contribution in [0.4, 0.5) is 0 Å². The van der Waals surface area contributed by atoms with Crippen molar-refractivity contribution in [3.63, 3.8) is 0 Å². The van der Waals surface area contributed by atoms with Crippen LogP contribution < -0.4 is 5.73 Å². The molecule has 1 aromatic rings. The van der Waals surface area contributed by atoms with Gasteiger partial charge in [-0.15, -0.1) is 0 Å². The van der Waals surface area contributed by atoms with Crippen LogP contribution in [0.1, 0.15) is 17.9 Å². The highest BCUT2D eigenvalue weighted by molar-refractivity contribution is 6.30. The number of likely N-dealkylation sites (tertiary alicyclic amines) is 1. The highest BCUT2D eigenvalue weighted by atomic mass is 35.5. The number of nitrogens with two attached hydrogens (primary N) is 1. The monoisotopic (exact) mass is 268 g/mol. The number of aliphatic hydroxyl groups is 1. The fourth-order valence-corrected chi connectivity index (χ4v) is 2.42. The number of amides is 1. The molecule has 1 aromatic carbocycles. The van der Waals surface area contributed by atoms with Crippen LogP contribution in [-0.2, 0) is 4.79 Å². The minimum atomic E-state index is -0.354. The Bertz CT molecular complexity index is 422. The van der Waals surface area contributed by atoms with Crippen molar-refractivity contribution in [1.29, 1.82) is 0 Å². The van der Waals surface area contributed by atoms with Crippen molar-refractivity contribution in [2.24, 2.45) is 5.73 Å². The molecule has 4 nitrogen and oxygen atoms in total. The van der Waals surface area contributed by atoms with Crippen molar-refractivity contribution in [3.8, 4) is 0 Å². The Morgan fingerprint density at radius 2 is 2.17 bits per heavy atom. The number of β-amino-alcohol motifs (C(OH)–C–C–N with tert-alkyl or cyclic N) is 1. The minimum absolute atomic E-state index is 0.288. The van der Waals surface area contributed by atoms with Gasteiger partial charge in [-0.1, -0.05) is 23.7 Å². The van der Waals surface area contributed by atoms with E-state index in [-0.39, 0.29) is 17.9 Å². The van der Waals surface area contributed by atoms with Crippen molar-refractivity contribution in [1.82, 2.24) is 4.90 Å². The predicted octanol–water partition coefficient (Wildman–Crippen LogP) is 0.976. The zero-order valence-electron chi connectivity index (χ0n) is 10.1. The average molecular weight is 269 g/mol. The summed E-state index contributed by atoms with van der Waals surface area (Å²) in [7, 11) is 0. The topological polar surface area (TPSA) is 66.6 Å². The molecule has 0 bridgehead atoms. The summed E-state index contributed by atoms with van der Waals surface area (Å²) in [5, 5.41) is 10.1.